The number of hydrogen-bond acceptors (Lipinski definition) is 4. The van der Waals surface area contributed by atoms with E-state index in [1.807, 2.05) is 18.0 Å². The molecule has 4 rings (SSSR count). The molecule has 4 nitrogen and oxygen atoms in total. The van der Waals surface area contributed by atoms with Gasteiger partial charge in [0.15, 0.2) is 9.04 Å². The molecule has 1 saturated heterocycles. The van der Waals surface area contributed by atoms with Crippen LogP contribution in [0.15, 0.2) is 78.0 Å². The smallest absolute Gasteiger partial charge is 0.173 e. The van der Waals surface area contributed by atoms with Crippen molar-refractivity contribution in [1.82, 2.24) is 14.5 Å². The van der Waals surface area contributed by atoms with Crippen molar-refractivity contribution in [2.75, 3.05) is 6.54 Å². The third-order valence-corrected chi connectivity index (χ3v) is 9.13. The lowest BCUT2D eigenvalue weighted by molar-refractivity contribution is -0.0685. The molecule has 182 valence electrons. The van der Waals surface area contributed by atoms with Crippen molar-refractivity contribution < 1.29 is 4.43 Å². The summed E-state index contributed by atoms with van der Waals surface area (Å²) in [6.45, 7) is 13.6. The van der Waals surface area contributed by atoms with E-state index in [1.165, 1.54) is 10.5 Å². The van der Waals surface area contributed by atoms with Gasteiger partial charge < -0.3 is 8.99 Å². The van der Waals surface area contributed by atoms with Crippen LogP contribution in [0.1, 0.15) is 43.8 Å². The van der Waals surface area contributed by atoms with Gasteiger partial charge in [-0.15, -0.1) is 11.8 Å². The Hall–Kier alpha value is -1.86. The Balaban J connectivity index is 1.85. The predicted octanol–water partition coefficient (Wildman–Crippen LogP) is 6.52. The highest BCUT2D eigenvalue weighted by molar-refractivity contribution is 7.99. The molecule has 1 aromatic heterocycles. The Morgan fingerprint density at radius 1 is 1.09 bits per heavy atom. The van der Waals surface area contributed by atoms with Crippen molar-refractivity contribution in [3.05, 3.63) is 84.4 Å². The van der Waals surface area contributed by atoms with Gasteiger partial charge in [-0.05, 0) is 48.5 Å². The average molecular weight is 494 g/mol. The zero-order valence-electron chi connectivity index (χ0n) is 21.4. The molecule has 1 fully saturated rings. The molecule has 1 aliphatic heterocycles. The number of rotatable bonds is 8. The number of hydrogen-bond donors (Lipinski definition) is 0. The van der Waals surface area contributed by atoms with Gasteiger partial charge in [0.05, 0.1) is 0 Å². The SMILES string of the molecule is Cn1ccnc1C(Sc1ccccc1)[C@@]1(O[SiH](C)C)C[C@H](C(C)(C)C)CN1Cc1ccccc1. The molecule has 1 unspecified atom stereocenters. The van der Waals surface area contributed by atoms with E-state index in [9.17, 15) is 0 Å². The maximum Gasteiger partial charge on any atom is 0.173 e. The van der Waals surface area contributed by atoms with Crippen LogP contribution in [0.2, 0.25) is 13.1 Å². The number of thioether (sulfide) groups is 1. The van der Waals surface area contributed by atoms with Crippen LogP contribution < -0.4 is 0 Å². The van der Waals surface area contributed by atoms with Gasteiger partial charge in [-0.1, -0.05) is 69.3 Å². The van der Waals surface area contributed by atoms with Gasteiger partial charge in [0, 0.05) is 37.4 Å². The van der Waals surface area contributed by atoms with E-state index >= 15 is 0 Å². The molecule has 2 aromatic carbocycles. The lowest BCUT2D eigenvalue weighted by Crippen LogP contribution is -2.52. The fourth-order valence-corrected chi connectivity index (χ4v) is 7.73. The summed E-state index contributed by atoms with van der Waals surface area (Å²) in [4.78, 5) is 8.78. The second-order valence-corrected chi connectivity index (χ2v) is 14.4. The highest BCUT2D eigenvalue weighted by Gasteiger charge is 2.56. The van der Waals surface area contributed by atoms with Crippen molar-refractivity contribution in [1.29, 1.82) is 0 Å². The van der Waals surface area contributed by atoms with E-state index in [-0.39, 0.29) is 10.7 Å². The number of aryl methyl sites for hydroxylation is 1. The zero-order chi connectivity index (χ0) is 24.3. The van der Waals surface area contributed by atoms with Crippen LogP contribution in [0.3, 0.4) is 0 Å². The van der Waals surface area contributed by atoms with Crippen LogP contribution in [-0.2, 0) is 18.0 Å². The van der Waals surface area contributed by atoms with Gasteiger partial charge >= 0.3 is 0 Å². The van der Waals surface area contributed by atoms with Crippen molar-refractivity contribution in [3.63, 3.8) is 0 Å². The van der Waals surface area contributed by atoms with Gasteiger partial charge in [-0.3, -0.25) is 4.90 Å². The second kappa shape index (κ2) is 10.4. The maximum absolute atomic E-state index is 7.21. The molecule has 0 N–H and O–H groups in total. The van der Waals surface area contributed by atoms with Crippen LogP contribution in [-0.4, -0.2) is 35.8 Å². The number of nitrogens with zero attached hydrogens (tertiary/aromatic N) is 3. The summed E-state index contributed by atoms with van der Waals surface area (Å²) in [6.07, 6.45) is 4.99. The minimum atomic E-state index is -1.39. The number of aromatic nitrogens is 2. The van der Waals surface area contributed by atoms with Crippen molar-refractivity contribution in [2.45, 2.75) is 62.7 Å². The minimum Gasteiger partial charge on any atom is -0.401 e. The second-order valence-electron chi connectivity index (χ2n) is 10.9. The predicted molar refractivity (Wildman–Crippen MR) is 145 cm³/mol. The van der Waals surface area contributed by atoms with Crippen LogP contribution in [0, 0.1) is 11.3 Å². The minimum absolute atomic E-state index is 0.0564. The molecule has 0 amide bonds. The number of benzene rings is 2. The summed E-state index contributed by atoms with van der Waals surface area (Å²) in [5.41, 5.74) is 1.11. The van der Waals surface area contributed by atoms with E-state index in [1.54, 1.807) is 0 Å². The zero-order valence-corrected chi connectivity index (χ0v) is 23.4. The summed E-state index contributed by atoms with van der Waals surface area (Å²) in [6, 6.07) is 21.6. The lowest BCUT2D eigenvalue weighted by Gasteiger charge is -2.45. The van der Waals surface area contributed by atoms with E-state index in [0.717, 1.165) is 25.3 Å². The summed E-state index contributed by atoms with van der Waals surface area (Å²) < 4.78 is 9.39. The van der Waals surface area contributed by atoms with Crippen LogP contribution >= 0.6 is 11.8 Å². The molecule has 3 atom stereocenters. The molecule has 0 spiro atoms. The summed E-state index contributed by atoms with van der Waals surface area (Å²) in [7, 11) is 0.716. The first-order chi connectivity index (χ1) is 16.2. The highest BCUT2D eigenvalue weighted by atomic mass is 32.2. The lowest BCUT2D eigenvalue weighted by atomic mass is 9.78. The number of imidazole rings is 1. The summed E-state index contributed by atoms with van der Waals surface area (Å²) >= 11 is 1.90. The first-order valence-electron chi connectivity index (χ1n) is 12.3. The molecule has 2 heterocycles. The van der Waals surface area contributed by atoms with Gasteiger partial charge in [0.2, 0.25) is 0 Å². The Labute approximate surface area is 211 Å². The maximum atomic E-state index is 7.21. The Kier molecular flexibility index (Phi) is 7.72. The van der Waals surface area contributed by atoms with Crippen molar-refractivity contribution >= 4 is 20.8 Å². The van der Waals surface area contributed by atoms with Gasteiger partial charge in [-0.25, -0.2) is 4.98 Å². The molecule has 34 heavy (non-hydrogen) atoms. The molecular formula is C28H39N3OSSi. The van der Waals surface area contributed by atoms with Crippen LogP contribution in [0.4, 0.5) is 0 Å². The molecule has 1 aliphatic rings. The topological polar surface area (TPSA) is 30.3 Å². The fourth-order valence-electron chi connectivity index (χ4n) is 5.03. The highest BCUT2D eigenvalue weighted by Crippen LogP contribution is 2.55. The number of likely N-dealkylation sites (tertiary alicyclic amines) is 1. The Morgan fingerprint density at radius 2 is 1.74 bits per heavy atom. The van der Waals surface area contributed by atoms with Gasteiger partial charge in [0.1, 0.15) is 16.8 Å². The monoisotopic (exact) mass is 493 g/mol. The molecular weight excluding hydrogens is 454 g/mol. The van der Waals surface area contributed by atoms with Gasteiger partial charge in [0.25, 0.3) is 0 Å². The average Bonchev–Trinajstić information content (AvgIpc) is 3.37. The largest absolute Gasteiger partial charge is 0.401 e. The molecule has 6 heteroatoms. The normalized spacial score (nSPS) is 22.4. The molecule has 0 radical (unpaired) electrons. The molecule has 0 saturated carbocycles. The van der Waals surface area contributed by atoms with E-state index in [2.05, 4.69) is 117 Å². The van der Waals surface area contributed by atoms with Gasteiger partial charge in [-0.2, -0.15) is 0 Å². The molecule has 3 aromatic rings. The first kappa shape index (κ1) is 25.2. The molecule has 0 aliphatic carbocycles. The molecule has 0 bridgehead atoms. The summed E-state index contributed by atoms with van der Waals surface area (Å²) in [5.74, 6) is 1.61. The fraction of sp³-hybridized carbons (Fsp3) is 0.464. The summed E-state index contributed by atoms with van der Waals surface area (Å²) in [5, 5.41) is 0.0564. The first-order valence-corrected chi connectivity index (χ1v) is 16.0. The van der Waals surface area contributed by atoms with Crippen LogP contribution in [0.25, 0.3) is 0 Å². The van der Waals surface area contributed by atoms with Crippen molar-refractivity contribution in [3.8, 4) is 0 Å². The van der Waals surface area contributed by atoms with Crippen LogP contribution in [0.5, 0.6) is 0 Å². The third-order valence-electron chi connectivity index (χ3n) is 6.90. The van der Waals surface area contributed by atoms with Crippen molar-refractivity contribution in [2.24, 2.45) is 18.4 Å². The van der Waals surface area contributed by atoms with E-state index < -0.39 is 14.8 Å². The van der Waals surface area contributed by atoms with E-state index in [0.29, 0.717) is 5.92 Å². The standard InChI is InChI=1S/C28H39N3OSSi/c1-27(2,3)23-19-28(32-34(5)6,31(21-23)20-22-13-9-7-10-14-22)25(26-29-17-18-30(26)4)33-24-15-11-8-12-16-24/h7-18,23,25,34H,19-21H2,1-6H3/t23-,25?,28-/m0/s1. The Bertz CT molecular complexity index is 1050. The Morgan fingerprint density at radius 3 is 2.29 bits per heavy atom. The third kappa shape index (κ3) is 5.51. The van der Waals surface area contributed by atoms with E-state index in [4.69, 9.17) is 9.41 Å². The quantitative estimate of drug-likeness (QED) is 0.264.